The fraction of sp³-hybridized carbons (Fsp3) is 0.0690. The Balaban J connectivity index is 1.47. The van der Waals surface area contributed by atoms with Gasteiger partial charge in [0, 0.05) is 24.0 Å². The Hall–Kier alpha value is -4.29. The van der Waals surface area contributed by atoms with Gasteiger partial charge < -0.3 is 15.5 Å². The second kappa shape index (κ2) is 11.2. The van der Waals surface area contributed by atoms with E-state index in [1.54, 1.807) is 36.2 Å². The van der Waals surface area contributed by atoms with Gasteiger partial charge in [-0.05, 0) is 53.7 Å². The van der Waals surface area contributed by atoms with Crippen molar-refractivity contribution < 1.29 is 9.59 Å². The topological polar surface area (TPSA) is 61.4 Å². The number of nitrogens with zero attached hydrogens (tertiary/aromatic N) is 1. The van der Waals surface area contributed by atoms with Crippen LogP contribution in [0.4, 0.5) is 11.4 Å². The summed E-state index contributed by atoms with van der Waals surface area (Å²) in [7, 11) is 1.73. The summed E-state index contributed by atoms with van der Waals surface area (Å²) in [6, 6.07) is 35.6. The lowest BCUT2D eigenvalue weighted by Crippen LogP contribution is -2.38. The molecule has 0 heterocycles. The number of para-hydroxylation sites is 1. The lowest BCUT2D eigenvalue weighted by Gasteiger charge is -2.19. The summed E-state index contributed by atoms with van der Waals surface area (Å²) >= 11 is 5.43. The molecule has 35 heavy (non-hydrogen) atoms. The van der Waals surface area contributed by atoms with Crippen LogP contribution < -0.4 is 15.5 Å². The van der Waals surface area contributed by atoms with Gasteiger partial charge >= 0.3 is 0 Å². The monoisotopic (exact) mass is 479 g/mol. The van der Waals surface area contributed by atoms with Gasteiger partial charge in [-0.2, -0.15) is 0 Å². The molecule has 0 bridgehead atoms. The first-order chi connectivity index (χ1) is 17.0. The van der Waals surface area contributed by atoms with Gasteiger partial charge in [0.2, 0.25) is 5.91 Å². The fourth-order valence-electron chi connectivity index (χ4n) is 3.83. The second-order valence-electron chi connectivity index (χ2n) is 7.98. The number of hydrogen-bond donors (Lipinski definition) is 2. The number of anilines is 2. The van der Waals surface area contributed by atoms with Gasteiger partial charge in [-0.25, -0.2) is 0 Å². The van der Waals surface area contributed by atoms with Crippen molar-refractivity contribution in [1.82, 2.24) is 5.32 Å². The molecule has 4 rings (SSSR count). The molecule has 0 aliphatic heterocycles. The minimum atomic E-state index is -0.510. The van der Waals surface area contributed by atoms with Crippen molar-refractivity contribution in [3.8, 4) is 0 Å². The van der Waals surface area contributed by atoms with E-state index in [0.717, 1.165) is 16.8 Å². The predicted molar refractivity (Wildman–Crippen MR) is 145 cm³/mol. The van der Waals surface area contributed by atoms with E-state index in [9.17, 15) is 9.59 Å². The van der Waals surface area contributed by atoms with Crippen LogP contribution in [0.1, 0.15) is 27.4 Å². The molecule has 0 aromatic heterocycles. The largest absolute Gasteiger partial charge is 0.332 e. The Morgan fingerprint density at radius 1 is 0.743 bits per heavy atom. The number of benzene rings is 4. The number of nitrogens with one attached hydrogen (secondary N) is 2. The third-order valence-electron chi connectivity index (χ3n) is 5.58. The van der Waals surface area contributed by atoms with E-state index in [4.69, 9.17) is 12.2 Å². The molecule has 174 valence electrons. The van der Waals surface area contributed by atoms with Crippen LogP contribution in [0.5, 0.6) is 0 Å². The molecule has 0 aliphatic carbocycles. The molecule has 0 saturated carbocycles. The summed E-state index contributed by atoms with van der Waals surface area (Å²) in [6.45, 7) is 0. The number of rotatable bonds is 6. The molecule has 0 saturated heterocycles. The van der Waals surface area contributed by atoms with Gasteiger partial charge in [-0.15, -0.1) is 0 Å². The normalized spacial score (nSPS) is 10.5. The molecule has 2 N–H and O–H groups in total. The second-order valence-corrected chi connectivity index (χ2v) is 8.39. The Morgan fingerprint density at radius 3 is 1.86 bits per heavy atom. The zero-order valence-electron chi connectivity index (χ0n) is 19.2. The van der Waals surface area contributed by atoms with Crippen LogP contribution in [-0.2, 0) is 4.79 Å². The third-order valence-corrected chi connectivity index (χ3v) is 5.78. The minimum absolute atomic E-state index is 0.150. The average Bonchev–Trinajstić information content (AvgIpc) is 2.90. The van der Waals surface area contributed by atoms with E-state index in [-0.39, 0.29) is 16.9 Å². The van der Waals surface area contributed by atoms with Crippen LogP contribution in [0.25, 0.3) is 0 Å². The Bertz CT molecular complexity index is 1270. The van der Waals surface area contributed by atoms with Gasteiger partial charge in [-0.1, -0.05) is 84.9 Å². The highest BCUT2D eigenvalue weighted by Crippen LogP contribution is 2.25. The van der Waals surface area contributed by atoms with E-state index >= 15 is 0 Å². The quantitative estimate of drug-likeness (QED) is 0.353. The standard InChI is InChI=1S/C29H25N3O2S/c1-32(25-18-9-4-10-19-25)28(34)23-16-11-17-24(20-23)30-29(35)31-27(33)26(21-12-5-2-6-13-21)22-14-7-3-8-15-22/h2-20,26H,1H3,(H2,30,31,33,35). The van der Waals surface area contributed by atoms with E-state index in [2.05, 4.69) is 10.6 Å². The van der Waals surface area contributed by atoms with Crippen molar-refractivity contribution >= 4 is 40.5 Å². The highest BCUT2D eigenvalue weighted by molar-refractivity contribution is 7.80. The summed E-state index contributed by atoms with van der Waals surface area (Å²) in [5, 5.41) is 6.00. The van der Waals surface area contributed by atoms with Gasteiger partial charge in [0.15, 0.2) is 5.11 Å². The Kier molecular flexibility index (Phi) is 7.65. The maximum atomic E-state index is 13.3. The lowest BCUT2D eigenvalue weighted by molar-refractivity contribution is -0.120. The average molecular weight is 480 g/mol. The molecule has 0 radical (unpaired) electrons. The van der Waals surface area contributed by atoms with Crippen molar-refractivity contribution in [3.05, 3.63) is 132 Å². The molecule has 6 heteroatoms. The highest BCUT2D eigenvalue weighted by Gasteiger charge is 2.23. The molecular formula is C29H25N3O2S. The number of hydrogen-bond acceptors (Lipinski definition) is 3. The van der Waals surface area contributed by atoms with Crippen molar-refractivity contribution in [2.75, 3.05) is 17.3 Å². The van der Waals surface area contributed by atoms with E-state index in [1.807, 2.05) is 91.0 Å². The summed E-state index contributed by atoms with van der Waals surface area (Å²) in [4.78, 5) is 27.8. The Morgan fingerprint density at radius 2 is 1.29 bits per heavy atom. The van der Waals surface area contributed by atoms with Crippen LogP contribution in [0.2, 0.25) is 0 Å². The van der Waals surface area contributed by atoms with Crippen LogP contribution in [0.3, 0.4) is 0 Å². The van der Waals surface area contributed by atoms with Gasteiger partial charge in [-0.3, -0.25) is 9.59 Å². The van der Waals surface area contributed by atoms with Crippen molar-refractivity contribution in [2.45, 2.75) is 5.92 Å². The van der Waals surface area contributed by atoms with Crippen LogP contribution in [-0.4, -0.2) is 24.0 Å². The van der Waals surface area contributed by atoms with Gasteiger partial charge in [0.25, 0.3) is 5.91 Å². The van der Waals surface area contributed by atoms with Crippen LogP contribution in [0.15, 0.2) is 115 Å². The highest BCUT2D eigenvalue weighted by atomic mass is 32.1. The zero-order valence-corrected chi connectivity index (χ0v) is 20.0. The predicted octanol–water partition coefficient (Wildman–Crippen LogP) is 5.61. The van der Waals surface area contributed by atoms with Crippen molar-refractivity contribution in [3.63, 3.8) is 0 Å². The first kappa shape index (κ1) is 23.9. The van der Waals surface area contributed by atoms with Gasteiger partial charge in [0.05, 0.1) is 5.92 Å². The molecular weight excluding hydrogens is 454 g/mol. The number of thiocarbonyl (C=S) groups is 1. The van der Waals surface area contributed by atoms with Crippen molar-refractivity contribution in [2.24, 2.45) is 0 Å². The molecule has 0 spiro atoms. The minimum Gasteiger partial charge on any atom is -0.332 e. The zero-order chi connectivity index (χ0) is 24.6. The van der Waals surface area contributed by atoms with E-state index in [0.29, 0.717) is 11.3 Å². The maximum absolute atomic E-state index is 13.3. The molecule has 0 aliphatic rings. The number of amides is 2. The first-order valence-electron chi connectivity index (χ1n) is 11.2. The molecule has 2 amide bonds. The summed E-state index contributed by atoms with van der Waals surface area (Å²) < 4.78 is 0. The Labute approximate surface area is 210 Å². The smallest absolute Gasteiger partial charge is 0.258 e. The van der Waals surface area contributed by atoms with Crippen LogP contribution >= 0.6 is 12.2 Å². The molecule has 0 fully saturated rings. The van der Waals surface area contributed by atoms with E-state index < -0.39 is 5.92 Å². The van der Waals surface area contributed by atoms with E-state index in [1.165, 1.54) is 0 Å². The molecule has 4 aromatic rings. The lowest BCUT2D eigenvalue weighted by atomic mass is 9.90. The molecule has 0 atom stereocenters. The number of carbonyl (C=O) groups excluding carboxylic acids is 2. The van der Waals surface area contributed by atoms with Crippen molar-refractivity contribution in [1.29, 1.82) is 0 Å². The SMILES string of the molecule is CN(C(=O)c1cccc(NC(=S)NC(=O)C(c2ccccc2)c2ccccc2)c1)c1ccccc1. The van der Waals surface area contributed by atoms with Crippen LogP contribution in [0, 0.1) is 0 Å². The van der Waals surface area contributed by atoms with Gasteiger partial charge in [0.1, 0.15) is 0 Å². The fourth-order valence-corrected chi connectivity index (χ4v) is 4.04. The summed E-state index contributed by atoms with van der Waals surface area (Å²) in [5.41, 5.74) is 3.65. The molecule has 0 unspecified atom stereocenters. The third kappa shape index (κ3) is 5.99. The molecule has 4 aromatic carbocycles. The molecule has 5 nitrogen and oxygen atoms in total. The maximum Gasteiger partial charge on any atom is 0.258 e. The number of carbonyl (C=O) groups is 2. The summed E-state index contributed by atoms with van der Waals surface area (Å²) in [6.07, 6.45) is 0. The first-order valence-corrected chi connectivity index (χ1v) is 11.6. The summed E-state index contributed by atoms with van der Waals surface area (Å²) in [5.74, 6) is -0.899.